The van der Waals surface area contributed by atoms with Crippen LogP contribution in [0.2, 0.25) is 0 Å². The number of hydrogen-bond acceptors (Lipinski definition) is 3. The van der Waals surface area contributed by atoms with E-state index in [1.807, 2.05) is 0 Å². The van der Waals surface area contributed by atoms with Crippen molar-refractivity contribution in [3.8, 4) is 0 Å². The Balaban J connectivity index is 2.24. The summed E-state index contributed by atoms with van der Waals surface area (Å²) in [6, 6.07) is -0.153. The first-order valence-corrected chi connectivity index (χ1v) is 2.52. The third kappa shape index (κ3) is 0.801. The summed E-state index contributed by atoms with van der Waals surface area (Å²) in [6.45, 7) is 0.873. The van der Waals surface area contributed by atoms with Crippen molar-refractivity contribution in [2.45, 2.75) is 12.5 Å². The number of hydroxylamine groups is 1. The van der Waals surface area contributed by atoms with E-state index in [2.05, 4.69) is 5.32 Å². The molecule has 3 N–H and O–H groups in total. The van der Waals surface area contributed by atoms with Gasteiger partial charge in [-0.15, -0.1) is 0 Å². The Morgan fingerprint density at radius 2 is 2.50 bits per heavy atom. The highest BCUT2D eigenvalue weighted by Gasteiger charge is 2.23. The molecule has 0 aromatic carbocycles. The van der Waals surface area contributed by atoms with Gasteiger partial charge in [-0.25, -0.2) is 5.48 Å². The highest BCUT2D eigenvalue weighted by Crippen LogP contribution is 1.99. The third-order valence-electron chi connectivity index (χ3n) is 1.25. The summed E-state index contributed by atoms with van der Waals surface area (Å²) in [6.07, 6.45) is 0.826. The molecule has 0 radical (unpaired) electrons. The van der Waals surface area contributed by atoms with E-state index < -0.39 is 0 Å². The smallest absolute Gasteiger partial charge is 0.260 e. The minimum absolute atomic E-state index is 0.153. The second-order valence-corrected chi connectivity index (χ2v) is 1.77. The van der Waals surface area contributed by atoms with Crippen LogP contribution in [0.4, 0.5) is 0 Å². The molecule has 1 fully saturated rings. The maximum absolute atomic E-state index is 10.4. The van der Waals surface area contributed by atoms with Crippen LogP contribution in [-0.2, 0) is 4.79 Å². The summed E-state index contributed by atoms with van der Waals surface area (Å²) in [5.41, 5.74) is 1.57. The standard InChI is InChI=1S/C4H8N2O2/c7-4(6-8)3-1-2-5-3/h3,5,8H,1-2H2,(H,6,7). The van der Waals surface area contributed by atoms with E-state index >= 15 is 0 Å². The van der Waals surface area contributed by atoms with Gasteiger partial charge in [0.15, 0.2) is 0 Å². The first kappa shape index (κ1) is 5.53. The average Bonchev–Trinajstić information content (AvgIpc) is 1.62. The van der Waals surface area contributed by atoms with Crippen molar-refractivity contribution in [3.05, 3.63) is 0 Å². The summed E-state index contributed by atoms with van der Waals surface area (Å²) in [5.74, 6) is -0.337. The van der Waals surface area contributed by atoms with E-state index in [4.69, 9.17) is 5.21 Å². The summed E-state index contributed by atoms with van der Waals surface area (Å²) in [5, 5.41) is 10.9. The molecule has 0 aromatic heterocycles. The van der Waals surface area contributed by atoms with Crippen molar-refractivity contribution in [2.75, 3.05) is 6.54 Å². The van der Waals surface area contributed by atoms with Crippen LogP contribution < -0.4 is 10.8 Å². The molecule has 0 bridgehead atoms. The summed E-state index contributed by atoms with van der Waals surface area (Å²) >= 11 is 0. The van der Waals surface area contributed by atoms with E-state index in [1.54, 1.807) is 5.48 Å². The highest BCUT2D eigenvalue weighted by molar-refractivity contribution is 5.81. The Morgan fingerprint density at radius 1 is 1.88 bits per heavy atom. The quantitative estimate of drug-likeness (QED) is 0.299. The van der Waals surface area contributed by atoms with Gasteiger partial charge in [0.1, 0.15) is 0 Å². The number of hydrogen-bond donors (Lipinski definition) is 3. The van der Waals surface area contributed by atoms with Crippen molar-refractivity contribution in [1.29, 1.82) is 0 Å². The molecule has 0 aliphatic carbocycles. The molecule has 1 saturated heterocycles. The molecule has 4 heteroatoms. The molecule has 1 rings (SSSR count). The molecule has 4 nitrogen and oxygen atoms in total. The van der Waals surface area contributed by atoms with E-state index in [9.17, 15) is 4.79 Å². The first-order chi connectivity index (χ1) is 3.84. The maximum atomic E-state index is 10.4. The predicted octanol–water partition coefficient (Wildman–Crippen LogP) is -1.15. The molecule has 8 heavy (non-hydrogen) atoms. The van der Waals surface area contributed by atoms with Gasteiger partial charge in [-0.2, -0.15) is 0 Å². The Bertz CT molecular complexity index is 100. The van der Waals surface area contributed by atoms with E-state index in [-0.39, 0.29) is 11.9 Å². The molecule has 1 atom stereocenters. The van der Waals surface area contributed by atoms with Crippen LogP contribution in [0.1, 0.15) is 6.42 Å². The lowest BCUT2D eigenvalue weighted by molar-refractivity contribution is -0.133. The lowest BCUT2D eigenvalue weighted by atomic mass is 10.1. The number of carbonyl (C=O) groups excluding carboxylic acids is 1. The van der Waals surface area contributed by atoms with Gasteiger partial charge in [-0.3, -0.25) is 10.0 Å². The largest absolute Gasteiger partial charge is 0.306 e. The maximum Gasteiger partial charge on any atom is 0.260 e. The van der Waals surface area contributed by atoms with Crippen molar-refractivity contribution in [2.24, 2.45) is 0 Å². The van der Waals surface area contributed by atoms with Gasteiger partial charge in [-0.1, -0.05) is 0 Å². The molecule has 46 valence electrons. The van der Waals surface area contributed by atoms with Gasteiger partial charge in [-0.05, 0) is 13.0 Å². The van der Waals surface area contributed by atoms with Crippen molar-refractivity contribution < 1.29 is 10.0 Å². The Kier molecular flexibility index (Phi) is 1.45. The topological polar surface area (TPSA) is 61.4 Å². The van der Waals surface area contributed by atoms with Crippen molar-refractivity contribution in [3.63, 3.8) is 0 Å². The third-order valence-corrected chi connectivity index (χ3v) is 1.25. The van der Waals surface area contributed by atoms with Crippen LogP contribution >= 0.6 is 0 Å². The summed E-state index contributed by atoms with van der Waals surface area (Å²) in [7, 11) is 0. The fourth-order valence-corrected chi connectivity index (χ4v) is 0.590. The van der Waals surface area contributed by atoms with Gasteiger partial charge in [0.05, 0.1) is 6.04 Å². The van der Waals surface area contributed by atoms with Gasteiger partial charge in [0.2, 0.25) is 0 Å². The van der Waals surface area contributed by atoms with E-state index in [0.29, 0.717) is 0 Å². The van der Waals surface area contributed by atoms with Gasteiger partial charge >= 0.3 is 0 Å². The molecular formula is C4H8N2O2. The fraction of sp³-hybridized carbons (Fsp3) is 0.750. The van der Waals surface area contributed by atoms with Gasteiger partial charge < -0.3 is 5.32 Å². The van der Waals surface area contributed by atoms with Crippen LogP contribution in [0.3, 0.4) is 0 Å². The Morgan fingerprint density at radius 3 is 2.62 bits per heavy atom. The zero-order valence-corrected chi connectivity index (χ0v) is 4.35. The second kappa shape index (κ2) is 2.11. The van der Waals surface area contributed by atoms with Crippen molar-refractivity contribution >= 4 is 5.91 Å². The lowest BCUT2D eigenvalue weighted by Gasteiger charge is -2.24. The lowest BCUT2D eigenvalue weighted by Crippen LogP contribution is -2.52. The van der Waals surface area contributed by atoms with E-state index in [0.717, 1.165) is 13.0 Å². The predicted molar refractivity (Wildman–Crippen MR) is 26.3 cm³/mol. The molecule has 1 aliphatic rings. The molecule has 1 heterocycles. The van der Waals surface area contributed by atoms with Gasteiger partial charge in [0, 0.05) is 0 Å². The summed E-state index contributed by atoms with van der Waals surface area (Å²) in [4.78, 5) is 10.4. The Hall–Kier alpha value is -0.610. The number of amides is 1. The first-order valence-electron chi connectivity index (χ1n) is 2.52. The van der Waals surface area contributed by atoms with Crippen LogP contribution in [0.25, 0.3) is 0 Å². The summed E-state index contributed by atoms with van der Waals surface area (Å²) < 4.78 is 0. The molecule has 0 spiro atoms. The zero-order valence-electron chi connectivity index (χ0n) is 4.35. The highest BCUT2D eigenvalue weighted by atomic mass is 16.5. The second-order valence-electron chi connectivity index (χ2n) is 1.77. The van der Waals surface area contributed by atoms with Crippen LogP contribution in [0.5, 0.6) is 0 Å². The van der Waals surface area contributed by atoms with Crippen molar-refractivity contribution in [1.82, 2.24) is 10.8 Å². The van der Waals surface area contributed by atoms with Crippen LogP contribution in [0, 0.1) is 0 Å². The number of carbonyl (C=O) groups is 1. The van der Waals surface area contributed by atoms with E-state index in [1.165, 1.54) is 0 Å². The fourth-order valence-electron chi connectivity index (χ4n) is 0.590. The number of nitrogens with one attached hydrogen (secondary N) is 2. The minimum Gasteiger partial charge on any atom is -0.306 e. The number of rotatable bonds is 1. The Labute approximate surface area is 46.8 Å². The van der Waals surface area contributed by atoms with Crippen LogP contribution in [0.15, 0.2) is 0 Å². The molecular weight excluding hydrogens is 108 g/mol. The monoisotopic (exact) mass is 116 g/mol. The zero-order chi connectivity index (χ0) is 5.98. The minimum atomic E-state index is -0.337. The average molecular weight is 116 g/mol. The normalized spacial score (nSPS) is 26.4. The SMILES string of the molecule is O=C(NO)C1CCN1. The molecule has 1 unspecified atom stereocenters. The van der Waals surface area contributed by atoms with Gasteiger partial charge in [0.25, 0.3) is 5.91 Å². The molecule has 0 saturated carbocycles. The van der Waals surface area contributed by atoms with Crippen LogP contribution in [-0.4, -0.2) is 23.7 Å². The molecule has 0 aromatic rings. The molecule has 1 aliphatic heterocycles. The molecule has 1 amide bonds.